The minimum absolute atomic E-state index is 0.0656. The quantitative estimate of drug-likeness (QED) is 0.330. The van der Waals surface area contributed by atoms with Crippen molar-refractivity contribution in [1.82, 2.24) is 4.90 Å². The Labute approximate surface area is 180 Å². The molecule has 0 radical (unpaired) electrons. The summed E-state index contributed by atoms with van der Waals surface area (Å²) in [5.41, 5.74) is 1.36. The predicted octanol–water partition coefficient (Wildman–Crippen LogP) is 2.02. The number of carbonyl (C=O) groups excluding carboxylic acids is 3. The molecule has 31 heavy (non-hydrogen) atoms. The van der Waals surface area contributed by atoms with E-state index in [1.807, 2.05) is 25.1 Å². The fraction of sp³-hybridized carbons (Fsp3) is 0.318. The molecule has 0 saturated carbocycles. The first-order valence-electron chi connectivity index (χ1n) is 9.68. The first-order valence-corrected chi connectivity index (χ1v) is 11.7. The summed E-state index contributed by atoms with van der Waals surface area (Å²) in [4.78, 5) is 39.0. The Hall–Kier alpha value is -3.20. The summed E-state index contributed by atoms with van der Waals surface area (Å²) in [6, 6.07) is 12.2. The van der Waals surface area contributed by atoms with E-state index < -0.39 is 33.7 Å². The van der Waals surface area contributed by atoms with Crippen LogP contribution in [0.15, 0.2) is 48.5 Å². The van der Waals surface area contributed by atoms with Gasteiger partial charge in [-0.1, -0.05) is 24.3 Å². The Balaban J connectivity index is 1.69. The summed E-state index contributed by atoms with van der Waals surface area (Å²) < 4.78 is 34.0. The highest BCUT2D eigenvalue weighted by molar-refractivity contribution is 7.90. The fourth-order valence-electron chi connectivity index (χ4n) is 3.27. The second-order valence-electron chi connectivity index (χ2n) is 7.29. The highest BCUT2D eigenvalue weighted by Gasteiger charge is 2.43. The molecule has 3 rings (SSSR count). The second kappa shape index (κ2) is 9.30. The van der Waals surface area contributed by atoms with Crippen molar-refractivity contribution in [2.45, 2.75) is 19.4 Å². The van der Waals surface area contributed by atoms with Crippen LogP contribution in [0.1, 0.15) is 32.7 Å². The van der Waals surface area contributed by atoms with Crippen molar-refractivity contribution >= 4 is 27.6 Å². The van der Waals surface area contributed by atoms with Gasteiger partial charge in [0, 0.05) is 6.26 Å². The van der Waals surface area contributed by atoms with Crippen molar-refractivity contribution in [3.05, 3.63) is 65.2 Å². The van der Waals surface area contributed by atoms with Gasteiger partial charge >= 0.3 is 5.97 Å². The van der Waals surface area contributed by atoms with Crippen LogP contribution in [0.2, 0.25) is 0 Å². The Morgan fingerprint density at radius 3 is 2.23 bits per heavy atom. The third-order valence-electron chi connectivity index (χ3n) is 4.76. The molecule has 0 aromatic heterocycles. The molecule has 2 amide bonds. The van der Waals surface area contributed by atoms with E-state index in [1.165, 1.54) is 12.1 Å². The first kappa shape index (κ1) is 22.5. The van der Waals surface area contributed by atoms with Crippen LogP contribution in [0.4, 0.5) is 0 Å². The molecule has 9 heteroatoms. The highest BCUT2D eigenvalue weighted by atomic mass is 32.2. The van der Waals surface area contributed by atoms with E-state index in [4.69, 9.17) is 9.47 Å². The minimum Gasteiger partial charge on any atom is -0.490 e. The summed E-state index contributed by atoms with van der Waals surface area (Å²) in [7, 11) is -3.43. The van der Waals surface area contributed by atoms with Crippen LogP contribution < -0.4 is 4.74 Å². The molecule has 1 unspecified atom stereocenters. The molecule has 0 fully saturated rings. The van der Waals surface area contributed by atoms with Gasteiger partial charge in [-0.3, -0.25) is 14.5 Å². The number of hydrogen-bond donors (Lipinski definition) is 0. The van der Waals surface area contributed by atoms with E-state index in [9.17, 15) is 22.8 Å². The number of rotatable bonds is 9. The topological polar surface area (TPSA) is 107 Å². The van der Waals surface area contributed by atoms with Gasteiger partial charge in [0.05, 0.1) is 16.9 Å². The summed E-state index contributed by atoms with van der Waals surface area (Å²) in [5, 5.41) is 0. The number of aryl methyl sites for hydroxylation is 1. The van der Waals surface area contributed by atoms with Gasteiger partial charge in [0.25, 0.3) is 11.8 Å². The lowest BCUT2D eigenvalue weighted by Gasteiger charge is -2.24. The van der Waals surface area contributed by atoms with Crippen LogP contribution in [-0.2, 0) is 19.4 Å². The molecule has 164 valence electrons. The smallest absolute Gasteiger partial charge is 0.329 e. The molecule has 2 aromatic carbocycles. The van der Waals surface area contributed by atoms with Gasteiger partial charge < -0.3 is 9.47 Å². The number of sulfone groups is 1. The Kier molecular flexibility index (Phi) is 6.74. The Bertz CT molecular complexity index is 1080. The lowest BCUT2D eigenvalue weighted by molar-refractivity contribution is -0.149. The Morgan fingerprint density at radius 2 is 1.65 bits per heavy atom. The maximum atomic E-state index is 12.7. The average molecular weight is 445 g/mol. The van der Waals surface area contributed by atoms with E-state index in [0.29, 0.717) is 5.75 Å². The van der Waals surface area contributed by atoms with Crippen LogP contribution in [-0.4, -0.2) is 62.4 Å². The normalized spacial score (nSPS) is 14.3. The Morgan fingerprint density at radius 1 is 1.00 bits per heavy atom. The van der Waals surface area contributed by atoms with E-state index in [0.717, 1.165) is 16.7 Å². The van der Waals surface area contributed by atoms with Gasteiger partial charge in [0.1, 0.15) is 34.8 Å². The number of ether oxygens (including phenoxy) is 2. The zero-order valence-electron chi connectivity index (χ0n) is 17.2. The predicted molar refractivity (Wildman–Crippen MR) is 113 cm³/mol. The summed E-state index contributed by atoms with van der Waals surface area (Å²) >= 11 is 0. The van der Waals surface area contributed by atoms with Gasteiger partial charge in [-0.25, -0.2) is 13.2 Å². The molecule has 0 spiro atoms. The van der Waals surface area contributed by atoms with E-state index >= 15 is 0 Å². The summed E-state index contributed by atoms with van der Waals surface area (Å²) in [5.74, 6) is -1.91. The molecule has 1 aliphatic heterocycles. The van der Waals surface area contributed by atoms with E-state index in [-0.39, 0.29) is 36.5 Å². The van der Waals surface area contributed by atoms with Crippen molar-refractivity contribution in [1.29, 1.82) is 0 Å². The van der Waals surface area contributed by atoms with E-state index in [1.54, 1.807) is 18.2 Å². The van der Waals surface area contributed by atoms with Crippen LogP contribution in [0.3, 0.4) is 0 Å². The number of amides is 2. The number of carbonyl (C=O) groups is 3. The fourth-order valence-corrected chi connectivity index (χ4v) is 3.92. The number of hydrogen-bond acceptors (Lipinski definition) is 7. The third-order valence-corrected chi connectivity index (χ3v) is 5.73. The lowest BCUT2D eigenvalue weighted by Crippen LogP contribution is -2.46. The highest BCUT2D eigenvalue weighted by Crippen LogP contribution is 2.26. The lowest BCUT2D eigenvalue weighted by atomic mass is 10.1. The number of imide groups is 1. The average Bonchev–Trinajstić information content (AvgIpc) is 2.96. The second-order valence-corrected chi connectivity index (χ2v) is 9.55. The molecule has 8 nitrogen and oxygen atoms in total. The minimum atomic E-state index is -3.43. The molecule has 1 heterocycles. The van der Waals surface area contributed by atoms with Crippen molar-refractivity contribution < 1.29 is 32.3 Å². The number of benzene rings is 2. The zero-order chi connectivity index (χ0) is 22.6. The molecule has 0 N–H and O–H groups in total. The monoisotopic (exact) mass is 445 g/mol. The van der Waals surface area contributed by atoms with Crippen molar-refractivity contribution in [3.63, 3.8) is 0 Å². The summed E-state index contributed by atoms with van der Waals surface area (Å²) in [6.07, 6.45) is 0.773. The standard InChI is InChI=1S/C22H23NO7S/c1-15-6-5-7-16(14-15)29-11-12-30-22(26)19(10-13-31(2,27)28)23-20(24)17-8-3-4-9-18(17)21(23)25/h3-9,14,19H,10-13H2,1-2H3. The largest absolute Gasteiger partial charge is 0.490 e. The molecule has 1 atom stereocenters. The van der Waals surface area contributed by atoms with Crippen LogP contribution in [0, 0.1) is 6.92 Å². The maximum absolute atomic E-state index is 12.7. The maximum Gasteiger partial charge on any atom is 0.329 e. The molecule has 0 aliphatic carbocycles. The molecule has 2 aromatic rings. The van der Waals surface area contributed by atoms with Crippen LogP contribution >= 0.6 is 0 Å². The SMILES string of the molecule is Cc1cccc(OCCOC(=O)C(CCS(C)(=O)=O)N2C(=O)c3ccccc3C2=O)c1. The molecule has 0 saturated heterocycles. The van der Waals surface area contributed by atoms with Crippen molar-refractivity contribution in [3.8, 4) is 5.75 Å². The zero-order valence-corrected chi connectivity index (χ0v) is 18.1. The van der Waals surface area contributed by atoms with Crippen LogP contribution in [0.25, 0.3) is 0 Å². The summed E-state index contributed by atoms with van der Waals surface area (Å²) in [6.45, 7) is 1.86. The number of esters is 1. The number of nitrogens with zero attached hydrogens (tertiary/aromatic N) is 1. The van der Waals surface area contributed by atoms with Crippen molar-refractivity contribution in [2.75, 3.05) is 25.2 Å². The number of fused-ring (bicyclic) bond motifs is 1. The molecular weight excluding hydrogens is 422 g/mol. The molecule has 1 aliphatic rings. The first-order chi connectivity index (χ1) is 14.7. The third kappa shape index (κ3) is 5.49. The van der Waals surface area contributed by atoms with Crippen LogP contribution in [0.5, 0.6) is 5.75 Å². The van der Waals surface area contributed by atoms with Crippen molar-refractivity contribution in [2.24, 2.45) is 0 Å². The van der Waals surface area contributed by atoms with Gasteiger partial charge in [0.2, 0.25) is 0 Å². The molecular formula is C22H23NO7S. The van der Waals surface area contributed by atoms with Gasteiger partial charge in [-0.15, -0.1) is 0 Å². The van der Waals surface area contributed by atoms with Gasteiger partial charge in [-0.2, -0.15) is 0 Å². The van der Waals surface area contributed by atoms with Gasteiger partial charge in [-0.05, 0) is 43.2 Å². The van der Waals surface area contributed by atoms with Gasteiger partial charge in [0.15, 0.2) is 0 Å². The molecule has 0 bridgehead atoms. The van der Waals surface area contributed by atoms with E-state index in [2.05, 4.69) is 0 Å².